The minimum Gasteiger partial charge on any atom is -0.292 e. The number of rotatable bonds is 6. The third kappa shape index (κ3) is 3.16. The molecule has 0 bridgehead atoms. The number of imidazole rings is 1. The number of hydrogen-bond acceptors (Lipinski definition) is 1. The van der Waals surface area contributed by atoms with Crippen LogP contribution >= 0.6 is 0 Å². The van der Waals surface area contributed by atoms with Crippen LogP contribution in [0.5, 0.6) is 0 Å². The Balaban J connectivity index is 2.87. The largest absolute Gasteiger partial charge is 0.292 e. The van der Waals surface area contributed by atoms with Gasteiger partial charge >= 0.3 is 0 Å². The van der Waals surface area contributed by atoms with Crippen LogP contribution < -0.4 is 0 Å². The maximum Gasteiger partial charge on any atom is 0.145 e. The molecule has 116 valence electrons. The van der Waals surface area contributed by atoms with Crippen molar-refractivity contribution in [2.75, 3.05) is 0 Å². The van der Waals surface area contributed by atoms with Crippen molar-refractivity contribution in [3.05, 3.63) is 91.6 Å². The molecule has 0 saturated carbocycles. The summed E-state index contributed by atoms with van der Waals surface area (Å²) in [6.07, 6.45) is 9.36. The molecule has 2 nitrogen and oxygen atoms in total. The predicted molar refractivity (Wildman–Crippen MR) is 101 cm³/mol. The highest BCUT2D eigenvalue weighted by Gasteiger charge is 2.18. The van der Waals surface area contributed by atoms with Gasteiger partial charge in [0.1, 0.15) is 5.82 Å². The summed E-state index contributed by atoms with van der Waals surface area (Å²) in [5, 5.41) is 0. The van der Waals surface area contributed by atoms with Gasteiger partial charge in [0.25, 0.3) is 0 Å². The van der Waals surface area contributed by atoms with Crippen LogP contribution in [0.1, 0.15) is 31.1 Å². The lowest BCUT2D eigenvalue weighted by atomic mass is 10.1. The van der Waals surface area contributed by atoms with E-state index in [0.29, 0.717) is 0 Å². The standard InChI is InChI=1S/C21H22N2/c1-6-13-17(8-3)21-22-20(16(5)7-2)19(9-4)23(21)18-14-11-10-12-15-18/h6-15H,1,3-4H2,2,5H3/b16-7-,17-13+. The quantitative estimate of drug-likeness (QED) is 0.626. The molecule has 0 aliphatic carbocycles. The second-order valence-electron chi connectivity index (χ2n) is 5.08. The highest BCUT2D eigenvalue weighted by Crippen LogP contribution is 2.29. The molecule has 0 fully saturated rings. The predicted octanol–water partition coefficient (Wildman–Crippen LogP) is 5.69. The molecule has 0 N–H and O–H groups in total. The first-order valence-corrected chi connectivity index (χ1v) is 7.57. The third-order valence-corrected chi connectivity index (χ3v) is 3.70. The molecule has 1 aromatic heterocycles. The van der Waals surface area contributed by atoms with Gasteiger partial charge in [-0.15, -0.1) is 0 Å². The Morgan fingerprint density at radius 2 is 1.83 bits per heavy atom. The number of benzene rings is 1. The van der Waals surface area contributed by atoms with Gasteiger partial charge < -0.3 is 0 Å². The Labute approximate surface area is 138 Å². The zero-order valence-corrected chi connectivity index (χ0v) is 13.8. The maximum absolute atomic E-state index is 4.85. The second-order valence-corrected chi connectivity index (χ2v) is 5.08. The van der Waals surface area contributed by atoms with Gasteiger partial charge in [-0.3, -0.25) is 4.57 Å². The van der Waals surface area contributed by atoms with E-state index in [0.717, 1.165) is 34.0 Å². The molecule has 0 spiro atoms. The van der Waals surface area contributed by atoms with Crippen LogP contribution in [0.15, 0.2) is 74.4 Å². The molecule has 2 aromatic rings. The third-order valence-electron chi connectivity index (χ3n) is 3.70. The first-order chi connectivity index (χ1) is 11.2. The van der Waals surface area contributed by atoms with Gasteiger partial charge in [0, 0.05) is 11.3 Å². The Kier molecular flexibility index (Phi) is 5.32. The lowest BCUT2D eigenvalue weighted by molar-refractivity contribution is 1.01. The van der Waals surface area contributed by atoms with E-state index < -0.39 is 0 Å². The lowest BCUT2D eigenvalue weighted by Gasteiger charge is -2.11. The van der Waals surface area contributed by atoms with Crippen LogP contribution in [0.2, 0.25) is 0 Å². The maximum atomic E-state index is 4.85. The van der Waals surface area contributed by atoms with E-state index in [1.54, 1.807) is 12.2 Å². The zero-order chi connectivity index (χ0) is 16.8. The van der Waals surface area contributed by atoms with Crippen molar-refractivity contribution in [2.24, 2.45) is 0 Å². The van der Waals surface area contributed by atoms with Crippen LogP contribution in [0.3, 0.4) is 0 Å². The summed E-state index contributed by atoms with van der Waals surface area (Å²) in [5.74, 6) is 0.831. The fourth-order valence-electron chi connectivity index (χ4n) is 2.44. The summed E-state index contributed by atoms with van der Waals surface area (Å²) >= 11 is 0. The molecular weight excluding hydrogens is 280 g/mol. The first kappa shape index (κ1) is 16.5. The van der Waals surface area contributed by atoms with E-state index in [4.69, 9.17) is 4.98 Å². The van der Waals surface area contributed by atoms with E-state index in [9.17, 15) is 0 Å². The van der Waals surface area contributed by atoms with E-state index in [-0.39, 0.29) is 0 Å². The molecule has 2 heteroatoms. The number of nitrogens with zero attached hydrogens (tertiary/aromatic N) is 2. The normalized spacial score (nSPS) is 12.1. The van der Waals surface area contributed by atoms with E-state index >= 15 is 0 Å². The van der Waals surface area contributed by atoms with Gasteiger partial charge in [-0.2, -0.15) is 0 Å². The first-order valence-electron chi connectivity index (χ1n) is 7.57. The van der Waals surface area contributed by atoms with Gasteiger partial charge in [-0.1, -0.05) is 62.2 Å². The van der Waals surface area contributed by atoms with Gasteiger partial charge in [0.2, 0.25) is 0 Å². The molecule has 23 heavy (non-hydrogen) atoms. The summed E-state index contributed by atoms with van der Waals surface area (Å²) in [5.41, 5.74) is 4.97. The summed E-state index contributed by atoms with van der Waals surface area (Å²) in [4.78, 5) is 4.85. The molecule has 0 amide bonds. The highest BCUT2D eigenvalue weighted by molar-refractivity contribution is 5.78. The minimum atomic E-state index is 0.831. The number of para-hydroxylation sites is 1. The molecule has 1 aromatic carbocycles. The average molecular weight is 302 g/mol. The average Bonchev–Trinajstić information content (AvgIpc) is 2.99. The Hall–Kier alpha value is -2.87. The van der Waals surface area contributed by atoms with Gasteiger partial charge in [0.05, 0.1) is 11.4 Å². The summed E-state index contributed by atoms with van der Waals surface area (Å²) in [7, 11) is 0. The molecule has 2 rings (SSSR count). The van der Waals surface area contributed by atoms with Crippen molar-refractivity contribution in [1.82, 2.24) is 9.55 Å². The highest BCUT2D eigenvalue weighted by atomic mass is 15.1. The van der Waals surface area contributed by atoms with Crippen LogP contribution in [-0.4, -0.2) is 9.55 Å². The van der Waals surface area contributed by atoms with Gasteiger partial charge in [0.15, 0.2) is 0 Å². The van der Waals surface area contributed by atoms with Crippen molar-refractivity contribution in [3.8, 4) is 5.69 Å². The van der Waals surface area contributed by atoms with Crippen molar-refractivity contribution in [1.29, 1.82) is 0 Å². The molecule has 0 radical (unpaired) electrons. The van der Waals surface area contributed by atoms with E-state index in [2.05, 4.69) is 49.4 Å². The molecule has 0 saturated heterocycles. The van der Waals surface area contributed by atoms with Crippen LogP contribution in [0, 0.1) is 0 Å². The van der Waals surface area contributed by atoms with Crippen molar-refractivity contribution < 1.29 is 0 Å². The Morgan fingerprint density at radius 1 is 1.13 bits per heavy atom. The number of hydrogen-bond donors (Lipinski definition) is 0. The fraction of sp³-hybridized carbons (Fsp3) is 0.0952. The fourth-order valence-corrected chi connectivity index (χ4v) is 2.44. The topological polar surface area (TPSA) is 17.8 Å². The van der Waals surface area contributed by atoms with Crippen LogP contribution in [-0.2, 0) is 0 Å². The Bertz CT molecular complexity index is 787. The SMILES string of the molecule is C=C/C=C(\C=C)c1nc(/C(C)=C\C)c(C=C)n1-c1ccccc1. The number of allylic oxidation sites excluding steroid dienone is 6. The molecule has 0 unspecified atom stereocenters. The minimum absolute atomic E-state index is 0.831. The Morgan fingerprint density at radius 3 is 2.35 bits per heavy atom. The van der Waals surface area contributed by atoms with Crippen LogP contribution in [0.25, 0.3) is 22.9 Å². The molecule has 0 aliphatic heterocycles. The monoisotopic (exact) mass is 302 g/mol. The van der Waals surface area contributed by atoms with Crippen molar-refractivity contribution in [3.63, 3.8) is 0 Å². The van der Waals surface area contributed by atoms with Gasteiger partial charge in [-0.25, -0.2) is 4.98 Å². The summed E-state index contributed by atoms with van der Waals surface area (Å²) < 4.78 is 2.10. The smallest absolute Gasteiger partial charge is 0.145 e. The molecule has 1 heterocycles. The summed E-state index contributed by atoms with van der Waals surface area (Å²) in [6.45, 7) is 15.7. The van der Waals surface area contributed by atoms with E-state index in [1.165, 1.54) is 0 Å². The number of aromatic nitrogens is 2. The molecular formula is C21H22N2. The van der Waals surface area contributed by atoms with Crippen molar-refractivity contribution >= 4 is 17.2 Å². The second kappa shape index (κ2) is 7.41. The van der Waals surface area contributed by atoms with E-state index in [1.807, 2.05) is 37.3 Å². The van der Waals surface area contributed by atoms with Crippen LogP contribution in [0.4, 0.5) is 0 Å². The van der Waals surface area contributed by atoms with Gasteiger partial charge in [-0.05, 0) is 37.6 Å². The summed E-state index contributed by atoms with van der Waals surface area (Å²) in [6, 6.07) is 10.1. The molecule has 0 aliphatic rings. The molecule has 0 atom stereocenters. The van der Waals surface area contributed by atoms with Crippen molar-refractivity contribution in [2.45, 2.75) is 13.8 Å². The lowest BCUT2D eigenvalue weighted by Crippen LogP contribution is -2.02. The zero-order valence-electron chi connectivity index (χ0n) is 13.8.